The predicted octanol–water partition coefficient (Wildman–Crippen LogP) is 2.25. The Kier molecular flexibility index (Phi) is 10.0. The summed E-state index contributed by atoms with van der Waals surface area (Å²) in [4.78, 5) is 30.5. The lowest BCUT2D eigenvalue weighted by Gasteiger charge is -2.32. The van der Waals surface area contributed by atoms with E-state index in [-0.39, 0.29) is 42.5 Å². The van der Waals surface area contributed by atoms with E-state index in [9.17, 15) is 9.59 Å². The van der Waals surface area contributed by atoms with Crippen molar-refractivity contribution in [2.24, 2.45) is 17.4 Å². The molecule has 2 aromatic rings. The van der Waals surface area contributed by atoms with Crippen LogP contribution in [0.25, 0.3) is 0 Å². The molecule has 0 radical (unpaired) electrons. The maximum atomic E-state index is 12.5. The molecule has 7 nitrogen and oxygen atoms in total. The minimum Gasteiger partial charge on any atom is -0.369 e. The Bertz CT molecular complexity index is 840. The summed E-state index contributed by atoms with van der Waals surface area (Å²) >= 11 is 0. The highest BCUT2D eigenvalue weighted by Crippen LogP contribution is 2.24. The van der Waals surface area contributed by atoms with Crippen LogP contribution in [0.3, 0.4) is 0 Å². The van der Waals surface area contributed by atoms with Gasteiger partial charge in [0, 0.05) is 37.3 Å². The summed E-state index contributed by atoms with van der Waals surface area (Å²) in [5, 5.41) is 2.91. The molecular formula is C21H29Cl2N5O2. The van der Waals surface area contributed by atoms with Crippen LogP contribution in [0.2, 0.25) is 0 Å². The smallest absolute Gasteiger partial charge is 0.241 e. The first-order chi connectivity index (χ1) is 13.5. The van der Waals surface area contributed by atoms with E-state index in [0.29, 0.717) is 19.6 Å². The molecule has 1 fully saturated rings. The minimum atomic E-state index is -0.716. The van der Waals surface area contributed by atoms with Crippen molar-refractivity contribution >= 4 is 42.4 Å². The Morgan fingerprint density at radius 3 is 2.40 bits per heavy atom. The first kappa shape index (κ1) is 25.7. The zero-order chi connectivity index (χ0) is 20.1. The Labute approximate surface area is 189 Å². The first-order valence-corrected chi connectivity index (χ1v) is 9.53. The van der Waals surface area contributed by atoms with Crippen LogP contribution >= 0.6 is 24.8 Å². The van der Waals surface area contributed by atoms with Gasteiger partial charge in [0.25, 0.3) is 0 Å². The molecule has 0 saturated carbocycles. The molecule has 2 amide bonds. The maximum absolute atomic E-state index is 12.5. The number of aromatic nitrogens is 1. The second-order valence-corrected chi connectivity index (χ2v) is 7.26. The van der Waals surface area contributed by atoms with Crippen LogP contribution < -0.4 is 21.7 Å². The van der Waals surface area contributed by atoms with E-state index in [4.69, 9.17) is 11.5 Å². The molecule has 1 aliphatic heterocycles. The fourth-order valence-corrected chi connectivity index (χ4v) is 3.45. The molecule has 1 aromatic carbocycles. The SMILES string of the molecule is Cc1ccc(C(N)C(=O)NCc2cccnc2N2CCC(C(N)=O)CC2)cc1.Cl.Cl. The van der Waals surface area contributed by atoms with E-state index < -0.39 is 6.04 Å². The lowest BCUT2D eigenvalue weighted by Crippen LogP contribution is -2.40. The second kappa shape index (κ2) is 11.7. The number of anilines is 1. The first-order valence-electron chi connectivity index (χ1n) is 9.53. The van der Waals surface area contributed by atoms with Gasteiger partial charge in [0.15, 0.2) is 0 Å². The number of carbonyl (C=O) groups excluding carboxylic acids is 2. The van der Waals surface area contributed by atoms with E-state index in [1.54, 1.807) is 6.20 Å². The van der Waals surface area contributed by atoms with Gasteiger partial charge in [0.2, 0.25) is 11.8 Å². The maximum Gasteiger partial charge on any atom is 0.241 e. The second-order valence-electron chi connectivity index (χ2n) is 7.26. The van der Waals surface area contributed by atoms with Crippen LogP contribution in [0, 0.1) is 12.8 Å². The van der Waals surface area contributed by atoms with Gasteiger partial charge in [-0.3, -0.25) is 9.59 Å². The summed E-state index contributed by atoms with van der Waals surface area (Å²) in [6.45, 7) is 3.77. The number of aryl methyl sites for hydroxylation is 1. The van der Waals surface area contributed by atoms with Crippen molar-refractivity contribution in [3.63, 3.8) is 0 Å². The molecule has 1 atom stereocenters. The number of benzene rings is 1. The van der Waals surface area contributed by atoms with Gasteiger partial charge in [0.1, 0.15) is 11.9 Å². The van der Waals surface area contributed by atoms with Crippen LogP contribution in [0.15, 0.2) is 42.6 Å². The number of nitrogens with zero attached hydrogens (tertiary/aromatic N) is 2. The molecule has 0 spiro atoms. The van der Waals surface area contributed by atoms with Crippen molar-refractivity contribution < 1.29 is 9.59 Å². The lowest BCUT2D eigenvalue weighted by atomic mass is 9.96. The summed E-state index contributed by atoms with van der Waals surface area (Å²) < 4.78 is 0. The zero-order valence-electron chi connectivity index (χ0n) is 16.9. The summed E-state index contributed by atoms with van der Waals surface area (Å²) in [6.07, 6.45) is 3.17. The number of hydrogen-bond donors (Lipinski definition) is 3. The largest absolute Gasteiger partial charge is 0.369 e. The van der Waals surface area contributed by atoms with Gasteiger partial charge in [-0.05, 0) is 31.4 Å². The summed E-state index contributed by atoms with van der Waals surface area (Å²) in [7, 11) is 0. The molecule has 2 heterocycles. The highest BCUT2D eigenvalue weighted by Gasteiger charge is 2.25. The Hall–Kier alpha value is -2.35. The third kappa shape index (κ3) is 6.32. The zero-order valence-corrected chi connectivity index (χ0v) is 18.5. The third-order valence-corrected chi connectivity index (χ3v) is 5.24. The normalized spacial score (nSPS) is 14.8. The van der Waals surface area contributed by atoms with Gasteiger partial charge in [-0.1, -0.05) is 35.9 Å². The van der Waals surface area contributed by atoms with Gasteiger partial charge in [-0.25, -0.2) is 4.98 Å². The molecule has 0 bridgehead atoms. The fraction of sp³-hybridized carbons (Fsp3) is 0.381. The highest BCUT2D eigenvalue weighted by molar-refractivity contribution is 5.85. The summed E-state index contributed by atoms with van der Waals surface area (Å²) in [5.41, 5.74) is 14.3. The van der Waals surface area contributed by atoms with Gasteiger partial charge in [-0.2, -0.15) is 0 Å². The Morgan fingerprint density at radius 2 is 1.80 bits per heavy atom. The lowest BCUT2D eigenvalue weighted by molar-refractivity contribution is -0.123. The average molecular weight is 454 g/mol. The number of hydrogen-bond acceptors (Lipinski definition) is 5. The van der Waals surface area contributed by atoms with Crippen molar-refractivity contribution in [3.8, 4) is 0 Å². The molecule has 1 aliphatic rings. The summed E-state index contributed by atoms with van der Waals surface area (Å²) in [5.74, 6) is 0.287. The van der Waals surface area contributed by atoms with Crippen molar-refractivity contribution in [3.05, 3.63) is 59.3 Å². The van der Waals surface area contributed by atoms with E-state index in [1.807, 2.05) is 43.3 Å². The van der Waals surface area contributed by atoms with Crippen molar-refractivity contribution in [1.82, 2.24) is 10.3 Å². The molecule has 164 valence electrons. The van der Waals surface area contributed by atoms with Crippen molar-refractivity contribution in [1.29, 1.82) is 0 Å². The van der Waals surface area contributed by atoms with Crippen LogP contribution in [0.5, 0.6) is 0 Å². The van der Waals surface area contributed by atoms with Gasteiger partial charge >= 0.3 is 0 Å². The number of halogens is 2. The quantitative estimate of drug-likeness (QED) is 0.620. The van der Waals surface area contributed by atoms with Gasteiger partial charge in [-0.15, -0.1) is 24.8 Å². The standard InChI is InChI=1S/C21H27N5O2.2ClH/c1-14-4-6-15(7-5-14)18(22)21(28)25-13-17-3-2-10-24-20(17)26-11-8-16(9-12-26)19(23)27;;/h2-7,10,16,18H,8-9,11-13,22H2,1H3,(H2,23,27)(H,25,28);2*1H. The predicted molar refractivity (Wildman–Crippen MR) is 123 cm³/mol. The number of primary amides is 1. The van der Waals surface area contributed by atoms with Crippen molar-refractivity contribution in [2.45, 2.75) is 32.4 Å². The van der Waals surface area contributed by atoms with E-state index in [0.717, 1.165) is 35.3 Å². The molecule has 5 N–H and O–H groups in total. The third-order valence-electron chi connectivity index (χ3n) is 5.24. The fourth-order valence-electron chi connectivity index (χ4n) is 3.45. The average Bonchev–Trinajstić information content (AvgIpc) is 2.72. The number of rotatable bonds is 6. The number of amides is 2. The molecule has 3 rings (SSSR count). The summed E-state index contributed by atoms with van der Waals surface area (Å²) in [6, 6.07) is 10.7. The monoisotopic (exact) mass is 453 g/mol. The molecule has 1 saturated heterocycles. The van der Waals surface area contributed by atoms with E-state index >= 15 is 0 Å². The Balaban J connectivity index is 0.00000225. The topological polar surface area (TPSA) is 114 Å². The van der Waals surface area contributed by atoms with Crippen LogP contribution in [-0.4, -0.2) is 29.9 Å². The molecule has 1 unspecified atom stereocenters. The Morgan fingerprint density at radius 1 is 1.17 bits per heavy atom. The van der Waals surface area contributed by atoms with Crippen LogP contribution in [-0.2, 0) is 16.1 Å². The van der Waals surface area contributed by atoms with E-state index in [1.165, 1.54) is 0 Å². The van der Waals surface area contributed by atoms with Gasteiger partial charge < -0.3 is 21.7 Å². The number of pyridine rings is 1. The minimum absolute atomic E-state index is 0. The number of nitrogens with two attached hydrogens (primary N) is 2. The number of nitrogens with one attached hydrogen (secondary N) is 1. The van der Waals surface area contributed by atoms with E-state index in [2.05, 4.69) is 15.2 Å². The number of carbonyl (C=O) groups is 2. The molecule has 0 aliphatic carbocycles. The van der Waals surface area contributed by atoms with Crippen molar-refractivity contribution in [2.75, 3.05) is 18.0 Å². The highest BCUT2D eigenvalue weighted by atomic mass is 35.5. The van der Waals surface area contributed by atoms with Gasteiger partial charge in [0.05, 0.1) is 0 Å². The van der Waals surface area contributed by atoms with Crippen LogP contribution in [0.1, 0.15) is 35.6 Å². The molecule has 9 heteroatoms. The molecular weight excluding hydrogens is 425 g/mol. The van der Waals surface area contributed by atoms with Crippen LogP contribution in [0.4, 0.5) is 5.82 Å². The molecule has 1 aromatic heterocycles. The molecule has 30 heavy (non-hydrogen) atoms. The number of piperidine rings is 1.